The van der Waals surface area contributed by atoms with Crippen LogP contribution in [0.15, 0.2) is 42.6 Å². The number of hydrogen-bond donors (Lipinski definition) is 2. The highest BCUT2D eigenvalue weighted by atomic mass is 35.5. The van der Waals surface area contributed by atoms with E-state index in [1.54, 1.807) is 24.3 Å². The van der Waals surface area contributed by atoms with Crippen LogP contribution in [-0.2, 0) is 0 Å². The minimum atomic E-state index is -0.366. The van der Waals surface area contributed by atoms with Crippen molar-refractivity contribution in [3.8, 4) is 11.5 Å². The van der Waals surface area contributed by atoms with Gasteiger partial charge in [-0.3, -0.25) is 0 Å². The van der Waals surface area contributed by atoms with E-state index in [2.05, 4.69) is 25.8 Å². The average Bonchev–Trinajstić information content (AvgIpc) is 2.63. The van der Waals surface area contributed by atoms with Crippen LogP contribution in [0.1, 0.15) is 0 Å². The standard InChI is InChI=1S/C17H15ClFN5O2/c1-25-14-8-13(15(26-2)7-12(14)18)22-16-9-20-24-17(23-16)21-11-5-3-4-10(19)6-11/h3-9H,1-2H3,(H2,21,22,23,24). The van der Waals surface area contributed by atoms with Crippen molar-refractivity contribution < 1.29 is 13.9 Å². The molecule has 0 unspecified atom stereocenters. The van der Waals surface area contributed by atoms with Gasteiger partial charge in [0.15, 0.2) is 5.82 Å². The number of rotatable bonds is 6. The summed E-state index contributed by atoms with van der Waals surface area (Å²) in [7, 11) is 3.04. The van der Waals surface area contributed by atoms with E-state index in [9.17, 15) is 4.39 Å². The second-order valence-electron chi connectivity index (χ2n) is 5.11. The lowest BCUT2D eigenvalue weighted by Gasteiger charge is -2.13. The van der Waals surface area contributed by atoms with Crippen molar-refractivity contribution in [2.75, 3.05) is 24.9 Å². The first-order chi connectivity index (χ1) is 12.6. The van der Waals surface area contributed by atoms with Crippen LogP contribution in [0.4, 0.5) is 27.5 Å². The van der Waals surface area contributed by atoms with Gasteiger partial charge in [-0.05, 0) is 18.2 Å². The molecule has 26 heavy (non-hydrogen) atoms. The predicted molar refractivity (Wildman–Crippen MR) is 97.3 cm³/mol. The van der Waals surface area contributed by atoms with Crippen molar-refractivity contribution in [3.05, 3.63) is 53.4 Å². The monoisotopic (exact) mass is 375 g/mol. The van der Waals surface area contributed by atoms with E-state index in [1.807, 2.05) is 0 Å². The predicted octanol–water partition coefficient (Wildman–Crippen LogP) is 4.17. The van der Waals surface area contributed by atoms with Gasteiger partial charge in [0.2, 0.25) is 5.95 Å². The minimum absolute atomic E-state index is 0.209. The minimum Gasteiger partial charge on any atom is -0.495 e. The fourth-order valence-electron chi connectivity index (χ4n) is 2.21. The molecule has 7 nitrogen and oxygen atoms in total. The highest BCUT2D eigenvalue weighted by molar-refractivity contribution is 6.32. The van der Waals surface area contributed by atoms with E-state index in [0.717, 1.165) is 0 Å². The van der Waals surface area contributed by atoms with Gasteiger partial charge >= 0.3 is 0 Å². The molecule has 0 aliphatic heterocycles. The molecule has 0 aliphatic rings. The molecule has 0 atom stereocenters. The van der Waals surface area contributed by atoms with Crippen LogP contribution in [0.5, 0.6) is 11.5 Å². The lowest BCUT2D eigenvalue weighted by molar-refractivity contribution is 0.405. The molecule has 0 bridgehead atoms. The quantitative estimate of drug-likeness (QED) is 0.669. The first-order valence-corrected chi connectivity index (χ1v) is 7.87. The van der Waals surface area contributed by atoms with E-state index in [-0.39, 0.29) is 11.8 Å². The highest BCUT2D eigenvalue weighted by Crippen LogP contribution is 2.37. The summed E-state index contributed by atoms with van der Waals surface area (Å²) in [6.07, 6.45) is 1.44. The Balaban J connectivity index is 1.85. The average molecular weight is 376 g/mol. The number of anilines is 4. The number of nitrogens with one attached hydrogen (secondary N) is 2. The summed E-state index contributed by atoms with van der Waals surface area (Å²) in [6, 6.07) is 9.27. The van der Waals surface area contributed by atoms with E-state index in [4.69, 9.17) is 21.1 Å². The van der Waals surface area contributed by atoms with Crippen molar-refractivity contribution in [1.29, 1.82) is 0 Å². The van der Waals surface area contributed by atoms with E-state index < -0.39 is 0 Å². The van der Waals surface area contributed by atoms with Crippen LogP contribution in [0.25, 0.3) is 0 Å². The van der Waals surface area contributed by atoms with E-state index >= 15 is 0 Å². The van der Waals surface area contributed by atoms with Crippen LogP contribution in [0.2, 0.25) is 5.02 Å². The number of hydrogen-bond acceptors (Lipinski definition) is 7. The van der Waals surface area contributed by atoms with Gasteiger partial charge in [0.25, 0.3) is 0 Å². The van der Waals surface area contributed by atoms with Crippen LogP contribution in [0, 0.1) is 5.82 Å². The molecule has 0 aliphatic carbocycles. The Morgan fingerprint density at radius 2 is 1.85 bits per heavy atom. The topological polar surface area (TPSA) is 81.2 Å². The second-order valence-corrected chi connectivity index (χ2v) is 5.52. The molecule has 2 aromatic carbocycles. The van der Waals surface area contributed by atoms with Gasteiger partial charge in [0.1, 0.15) is 17.3 Å². The zero-order chi connectivity index (χ0) is 18.5. The molecule has 3 aromatic rings. The van der Waals surface area contributed by atoms with Gasteiger partial charge in [-0.25, -0.2) is 4.39 Å². The molecule has 3 rings (SSSR count). The third kappa shape index (κ3) is 4.09. The lowest BCUT2D eigenvalue weighted by atomic mass is 10.2. The van der Waals surface area contributed by atoms with Crippen molar-refractivity contribution in [1.82, 2.24) is 15.2 Å². The van der Waals surface area contributed by atoms with Crippen molar-refractivity contribution in [2.45, 2.75) is 0 Å². The van der Waals surface area contributed by atoms with Crippen molar-refractivity contribution in [2.24, 2.45) is 0 Å². The highest BCUT2D eigenvalue weighted by Gasteiger charge is 2.11. The molecule has 1 heterocycles. The summed E-state index contributed by atoms with van der Waals surface area (Å²) in [5.41, 5.74) is 1.10. The Hall–Kier alpha value is -3.13. The third-order valence-corrected chi connectivity index (χ3v) is 3.67. The first-order valence-electron chi connectivity index (χ1n) is 7.50. The maximum atomic E-state index is 13.3. The van der Waals surface area contributed by atoms with Gasteiger partial charge in [0.05, 0.1) is 31.1 Å². The first kappa shape index (κ1) is 17.7. The van der Waals surface area contributed by atoms with Crippen LogP contribution in [0.3, 0.4) is 0 Å². The molecule has 0 fully saturated rings. The smallest absolute Gasteiger partial charge is 0.249 e. The summed E-state index contributed by atoms with van der Waals surface area (Å²) in [6.45, 7) is 0. The van der Waals surface area contributed by atoms with Gasteiger partial charge in [-0.1, -0.05) is 17.7 Å². The largest absolute Gasteiger partial charge is 0.495 e. The van der Waals surface area contributed by atoms with Crippen LogP contribution >= 0.6 is 11.6 Å². The number of aromatic nitrogens is 3. The molecule has 0 saturated heterocycles. The maximum absolute atomic E-state index is 13.3. The summed E-state index contributed by atoms with van der Waals surface area (Å²) < 4.78 is 23.8. The van der Waals surface area contributed by atoms with Gasteiger partial charge in [-0.15, -0.1) is 5.10 Å². The third-order valence-electron chi connectivity index (χ3n) is 3.38. The molecule has 0 saturated carbocycles. The molecular formula is C17H15ClFN5O2. The van der Waals surface area contributed by atoms with Gasteiger partial charge in [0, 0.05) is 17.8 Å². The fraction of sp³-hybridized carbons (Fsp3) is 0.118. The number of methoxy groups -OCH3 is 2. The molecule has 0 radical (unpaired) electrons. The summed E-state index contributed by atoms with van der Waals surface area (Å²) >= 11 is 6.10. The summed E-state index contributed by atoms with van der Waals surface area (Å²) in [4.78, 5) is 4.30. The molecule has 0 spiro atoms. The number of benzene rings is 2. The fourth-order valence-corrected chi connectivity index (χ4v) is 2.44. The Morgan fingerprint density at radius 1 is 1.04 bits per heavy atom. The maximum Gasteiger partial charge on any atom is 0.249 e. The molecule has 2 N–H and O–H groups in total. The Morgan fingerprint density at radius 3 is 2.58 bits per heavy atom. The van der Waals surface area contributed by atoms with Crippen molar-refractivity contribution in [3.63, 3.8) is 0 Å². The zero-order valence-corrected chi connectivity index (χ0v) is 14.7. The zero-order valence-electron chi connectivity index (χ0n) is 14.0. The number of halogens is 2. The van der Waals surface area contributed by atoms with Crippen LogP contribution < -0.4 is 20.1 Å². The number of ether oxygens (including phenoxy) is 2. The second kappa shape index (κ2) is 7.83. The Kier molecular flexibility index (Phi) is 5.33. The van der Waals surface area contributed by atoms with E-state index in [0.29, 0.717) is 33.7 Å². The van der Waals surface area contributed by atoms with Crippen molar-refractivity contribution >= 4 is 34.7 Å². The summed E-state index contributed by atoms with van der Waals surface area (Å²) in [5, 5.41) is 14.2. The molecule has 134 valence electrons. The Labute approximate surface area is 154 Å². The molecule has 1 aromatic heterocycles. The molecule has 0 amide bonds. The van der Waals surface area contributed by atoms with E-state index in [1.165, 1.54) is 32.5 Å². The molecular weight excluding hydrogens is 361 g/mol. The molecule has 9 heteroatoms. The SMILES string of the molecule is COc1cc(Nc2cnnc(Nc3cccc(F)c3)n2)c(OC)cc1Cl. The van der Waals surface area contributed by atoms with Crippen LogP contribution in [-0.4, -0.2) is 29.4 Å². The normalized spacial score (nSPS) is 10.3. The lowest BCUT2D eigenvalue weighted by Crippen LogP contribution is -2.03. The Bertz CT molecular complexity index is 925. The number of nitrogens with zero attached hydrogens (tertiary/aromatic N) is 3. The summed E-state index contributed by atoms with van der Waals surface area (Å²) in [5.74, 6) is 1.24. The van der Waals surface area contributed by atoms with Gasteiger partial charge in [-0.2, -0.15) is 10.1 Å². The van der Waals surface area contributed by atoms with Gasteiger partial charge < -0.3 is 20.1 Å².